The van der Waals surface area contributed by atoms with Gasteiger partial charge in [-0.1, -0.05) is 45.6 Å². The molecule has 0 saturated carbocycles. The maximum atomic E-state index is 3.89. The largest absolute Gasteiger partial charge is 0.0988 e. The van der Waals surface area contributed by atoms with Crippen molar-refractivity contribution < 1.29 is 0 Å². The molecule has 0 rings (SSSR count). The summed E-state index contributed by atoms with van der Waals surface area (Å²) >= 11 is 0. The summed E-state index contributed by atoms with van der Waals surface area (Å²) in [5.74, 6) is 0.628. The molecule has 0 saturated heterocycles. The van der Waals surface area contributed by atoms with E-state index in [4.69, 9.17) is 0 Å². The van der Waals surface area contributed by atoms with E-state index >= 15 is 0 Å². The van der Waals surface area contributed by atoms with Crippen molar-refractivity contribution in [1.82, 2.24) is 0 Å². The first-order valence-electron chi connectivity index (χ1n) is 5.19. The summed E-state index contributed by atoms with van der Waals surface area (Å²) in [7, 11) is 0. The van der Waals surface area contributed by atoms with Crippen molar-refractivity contribution in [2.75, 3.05) is 0 Å². The molecule has 0 radical (unpaired) electrons. The Morgan fingerprint density at radius 1 is 1.38 bits per heavy atom. The summed E-state index contributed by atoms with van der Waals surface area (Å²) < 4.78 is 0. The molecule has 0 amide bonds. The van der Waals surface area contributed by atoms with Gasteiger partial charge in [0.1, 0.15) is 0 Å². The molecule has 0 aliphatic carbocycles. The first-order chi connectivity index (χ1) is 6.21. The van der Waals surface area contributed by atoms with Gasteiger partial charge in [-0.05, 0) is 36.8 Å². The zero-order chi connectivity index (χ0) is 10.3. The van der Waals surface area contributed by atoms with E-state index in [1.54, 1.807) is 0 Å². The smallest absolute Gasteiger partial charge is 0.0190 e. The Kier molecular flexibility index (Phi) is 6.30. The molecule has 0 unspecified atom stereocenters. The third-order valence-corrected chi connectivity index (χ3v) is 2.48. The highest BCUT2D eigenvalue weighted by atomic mass is 14.1. The van der Waals surface area contributed by atoms with Gasteiger partial charge < -0.3 is 0 Å². The van der Waals surface area contributed by atoms with Gasteiger partial charge in [-0.3, -0.25) is 0 Å². The molecule has 1 atom stereocenters. The normalized spacial score (nSPS) is 15.7. The van der Waals surface area contributed by atoms with E-state index < -0.39 is 0 Å². The molecule has 0 aromatic carbocycles. The standard InChI is InChI=1S/C13H22/c1-6-10-12(8-3)13(9-4)11(5)7-2/h6,9-11H,4,7-8H2,1-3,5H3/b10-6-,13-12+/t11-/m1/s1. The number of allylic oxidation sites excluding steroid dienone is 5. The fourth-order valence-electron chi connectivity index (χ4n) is 1.49. The van der Waals surface area contributed by atoms with E-state index in [0.717, 1.165) is 6.42 Å². The van der Waals surface area contributed by atoms with Gasteiger partial charge in [-0.15, -0.1) is 0 Å². The monoisotopic (exact) mass is 178 g/mol. The summed E-state index contributed by atoms with van der Waals surface area (Å²) in [5.41, 5.74) is 2.83. The van der Waals surface area contributed by atoms with Crippen molar-refractivity contribution in [3.05, 3.63) is 36.0 Å². The summed E-state index contributed by atoms with van der Waals surface area (Å²) in [6.45, 7) is 12.6. The lowest BCUT2D eigenvalue weighted by molar-refractivity contribution is 0.663. The Hall–Kier alpha value is -0.780. The zero-order valence-corrected chi connectivity index (χ0v) is 9.43. The van der Waals surface area contributed by atoms with Crippen molar-refractivity contribution in [2.24, 2.45) is 5.92 Å². The molecule has 0 nitrogen and oxygen atoms in total. The Morgan fingerprint density at radius 3 is 2.31 bits per heavy atom. The maximum Gasteiger partial charge on any atom is -0.0190 e. The molecule has 0 spiro atoms. The minimum atomic E-state index is 0.628. The van der Waals surface area contributed by atoms with Crippen molar-refractivity contribution >= 4 is 0 Å². The van der Waals surface area contributed by atoms with E-state index in [9.17, 15) is 0 Å². The number of hydrogen-bond acceptors (Lipinski definition) is 0. The Bertz CT molecular complexity index is 206. The molecule has 0 bridgehead atoms. The molecule has 0 N–H and O–H groups in total. The molecule has 0 aromatic rings. The fraction of sp³-hybridized carbons (Fsp3) is 0.538. The van der Waals surface area contributed by atoms with E-state index in [0.29, 0.717) is 5.92 Å². The summed E-state index contributed by atoms with van der Waals surface area (Å²) in [5, 5.41) is 0. The highest BCUT2D eigenvalue weighted by Gasteiger charge is 2.06. The molecule has 0 aliphatic rings. The fourth-order valence-corrected chi connectivity index (χ4v) is 1.49. The van der Waals surface area contributed by atoms with Crippen LogP contribution in [0.3, 0.4) is 0 Å². The van der Waals surface area contributed by atoms with Gasteiger partial charge in [-0.25, -0.2) is 0 Å². The van der Waals surface area contributed by atoms with Gasteiger partial charge in [-0.2, -0.15) is 0 Å². The van der Waals surface area contributed by atoms with Gasteiger partial charge >= 0.3 is 0 Å². The quantitative estimate of drug-likeness (QED) is 0.544. The first-order valence-corrected chi connectivity index (χ1v) is 5.19. The maximum absolute atomic E-state index is 3.89. The second-order valence-electron chi connectivity index (χ2n) is 3.35. The molecular formula is C13H22. The highest BCUT2D eigenvalue weighted by Crippen LogP contribution is 2.22. The number of hydrogen-bond donors (Lipinski definition) is 0. The van der Waals surface area contributed by atoms with Gasteiger partial charge in [0.15, 0.2) is 0 Å². The van der Waals surface area contributed by atoms with Crippen LogP contribution in [0.4, 0.5) is 0 Å². The van der Waals surface area contributed by atoms with E-state index in [1.807, 2.05) is 6.08 Å². The van der Waals surface area contributed by atoms with Crippen molar-refractivity contribution in [3.63, 3.8) is 0 Å². The van der Waals surface area contributed by atoms with Gasteiger partial charge in [0.25, 0.3) is 0 Å². The van der Waals surface area contributed by atoms with Gasteiger partial charge in [0.05, 0.1) is 0 Å². The second-order valence-corrected chi connectivity index (χ2v) is 3.35. The Balaban J connectivity index is 4.92. The molecule has 0 aliphatic heterocycles. The lowest BCUT2D eigenvalue weighted by atomic mass is 9.92. The van der Waals surface area contributed by atoms with Crippen LogP contribution in [0.1, 0.15) is 40.5 Å². The van der Waals surface area contributed by atoms with Crippen LogP contribution in [0.2, 0.25) is 0 Å². The molecule has 74 valence electrons. The first kappa shape index (κ1) is 12.2. The third kappa shape index (κ3) is 3.63. The average molecular weight is 178 g/mol. The molecule has 13 heavy (non-hydrogen) atoms. The summed E-state index contributed by atoms with van der Waals surface area (Å²) in [6, 6.07) is 0. The minimum Gasteiger partial charge on any atom is -0.0988 e. The number of rotatable bonds is 5. The SMILES string of the molecule is C=C/C(=C(\C=C/C)CC)[C@H](C)CC. The summed E-state index contributed by atoms with van der Waals surface area (Å²) in [4.78, 5) is 0. The van der Waals surface area contributed by atoms with Crippen LogP contribution in [-0.4, -0.2) is 0 Å². The van der Waals surface area contributed by atoms with Crippen LogP contribution >= 0.6 is 0 Å². The van der Waals surface area contributed by atoms with Crippen LogP contribution in [0.15, 0.2) is 36.0 Å². The van der Waals surface area contributed by atoms with E-state index in [1.165, 1.54) is 17.6 Å². The van der Waals surface area contributed by atoms with Crippen LogP contribution in [0, 0.1) is 5.92 Å². The van der Waals surface area contributed by atoms with Crippen molar-refractivity contribution in [1.29, 1.82) is 0 Å². The minimum absolute atomic E-state index is 0.628. The third-order valence-electron chi connectivity index (χ3n) is 2.48. The van der Waals surface area contributed by atoms with Crippen LogP contribution < -0.4 is 0 Å². The zero-order valence-electron chi connectivity index (χ0n) is 9.43. The molecule has 0 heterocycles. The van der Waals surface area contributed by atoms with Gasteiger partial charge in [0.2, 0.25) is 0 Å². The van der Waals surface area contributed by atoms with E-state index in [2.05, 4.69) is 46.4 Å². The molecule has 0 aromatic heterocycles. The van der Waals surface area contributed by atoms with Crippen molar-refractivity contribution in [3.8, 4) is 0 Å². The van der Waals surface area contributed by atoms with Gasteiger partial charge in [0, 0.05) is 0 Å². The Morgan fingerprint density at radius 2 is 2.00 bits per heavy atom. The predicted molar refractivity (Wildman–Crippen MR) is 61.8 cm³/mol. The Labute approximate surface area is 83.0 Å². The highest BCUT2D eigenvalue weighted by molar-refractivity contribution is 5.33. The predicted octanol–water partition coefficient (Wildman–Crippen LogP) is 4.50. The van der Waals surface area contributed by atoms with Crippen LogP contribution in [0.25, 0.3) is 0 Å². The summed E-state index contributed by atoms with van der Waals surface area (Å²) in [6.07, 6.45) is 8.58. The lowest BCUT2D eigenvalue weighted by Gasteiger charge is -2.13. The molecule has 0 fully saturated rings. The molecular weight excluding hydrogens is 156 g/mol. The van der Waals surface area contributed by atoms with Crippen LogP contribution in [0.5, 0.6) is 0 Å². The second kappa shape index (κ2) is 6.71. The topological polar surface area (TPSA) is 0 Å². The average Bonchev–Trinajstić information content (AvgIpc) is 2.17. The van der Waals surface area contributed by atoms with Crippen molar-refractivity contribution in [2.45, 2.75) is 40.5 Å². The van der Waals surface area contributed by atoms with E-state index in [-0.39, 0.29) is 0 Å². The van der Waals surface area contributed by atoms with Crippen LogP contribution in [-0.2, 0) is 0 Å². The molecule has 0 heteroatoms. The lowest BCUT2D eigenvalue weighted by Crippen LogP contribution is -1.98.